The summed E-state index contributed by atoms with van der Waals surface area (Å²) < 4.78 is 6.77. The first kappa shape index (κ1) is 12.2. The van der Waals surface area contributed by atoms with Crippen LogP contribution in [0.4, 0.5) is 0 Å². The number of pyridine rings is 1. The van der Waals surface area contributed by atoms with Gasteiger partial charge in [0.05, 0.1) is 13.2 Å². The molecule has 0 fully saturated rings. The molecule has 92 valence electrons. The van der Waals surface area contributed by atoms with Gasteiger partial charge in [-0.05, 0) is 23.8 Å². The largest absolute Gasteiger partial charge is 0.497 e. The van der Waals surface area contributed by atoms with Crippen LogP contribution in [0, 0.1) is 0 Å². The van der Waals surface area contributed by atoms with E-state index in [1.54, 1.807) is 36.1 Å². The molecule has 1 atom stereocenters. The molecule has 0 radical (unpaired) electrons. The third-order valence-corrected chi connectivity index (χ3v) is 2.83. The van der Waals surface area contributed by atoms with Crippen LogP contribution in [0.15, 0.2) is 66.1 Å². The maximum absolute atomic E-state index is 11.8. The highest BCUT2D eigenvalue weighted by Crippen LogP contribution is 2.20. The molecule has 18 heavy (non-hydrogen) atoms. The van der Waals surface area contributed by atoms with E-state index in [-0.39, 0.29) is 11.6 Å². The SMILES string of the molecule is C=C[C@@H](c1ccc(OC)cc1)n1ccccc1=O. The lowest BCUT2D eigenvalue weighted by Crippen LogP contribution is -2.22. The zero-order valence-electron chi connectivity index (χ0n) is 10.2. The molecule has 2 aromatic rings. The van der Waals surface area contributed by atoms with Crippen LogP contribution in [0.25, 0.3) is 0 Å². The van der Waals surface area contributed by atoms with Gasteiger partial charge in [0.1, 0.15) is 5.75 Å². The number of allylic oxidation sites excluding steroid dienone is 1. The van der Waals surface area contributed by atoms with Gasteiger partial charge in [0.15, 0.2) is 0 Å². The van der Waals surface area contributed by atoms with Crippen LogP contribution in [-0.2, 0) is 0 Å². The van der Waals surface area contributed by atoms with E-state index in [1.165, 1.54) is 0 Å². The number of methoxy groups -OCH3 is 1. The first-order valence-electron chi connectivity index (χ1n) is 5.70. The molecule has 2 rings (SSSR count). The van der Waals surface area contributed by atoms with Gasteiger partial charge < -0.3 is 9.30 Å². The second kappa shape index (κ2) is 5.36. The van der Waals surface area contributed by atoms with Crippen molar-refractivity contribution < 1.29 is 4.74 Å². The number of ether oxygens (including phenoxy) is 1. The molecule has 0 saturated heterocycles. The summed E-state index contributed by atoms with van der Waals surface area (Å²) >= 11 is 0. The van der Waals surface area contributed by atoms with Crippen molar-refractivity contribution in [1.82, 2.24) is 4.57 Å². The van der Waals surface area contributed by atoms with E-state index in [2.05, 4.69) is 6.58 Å². The van der Waals surface area contributed by atoms with Gasteiger partial charge >= 0.3 is 0 Å². The lowest BCUT2D eigenvalue weighted by atomic mass is 10.1. The number of rotatable bonds is 4. The van der Waals surface area contributed by atoms with Crippen molar-refractivity contribution in [2.24, 2.45) is 0 Å². The number of hydrogen-bond donors (Lipinski definition) is 0. The van der Waals surface area contributed by atoms with E-state index in [4.69, 9.17) is 4.74 Å². The summed E-state index contributed by atoms with van der Waals surface area (Å²) in [6.45, 7) is 3.81. The van der Waals surface area contributed by atoms with Gasteiger partial charge in [0, 0.05) is 12.3 Å². The van der Waals surface area contributed by atoms with E-state index in [1.807, 2.05) is 30.3 Å². The summed E-state index contributed by atoms with van der Waals surface area (Å²) in [7, 11) is 1.63. The molecule has 1 heterocycles. The monoisotopic (exact) mass is 241 g/mol. The maximum atomic E-state index is 11.8. The van der Waals surface area contributed by atoms with Gasteiger partial charge in [-0.15, -0.1) is 6.58 Å². The zero-order chi connectivity index (χ0) is 13.0. The van der Waals surface area contributed by atoms with Crippen molar-refractivity contribution in [2.75, 3.05) is 7.11 Å². The fraction of sp³-hybridized carbons (Fsp3) is 0.133. The topological polar surface area (TPSA) is 31.2 Å². The molecule has 0 aliphatic heterocycles. The second-order valence-corrected chi connectivity index (χ2v) is 3.90. The van der Waals surface area contributed by atoms with Crippen LogP contribution in [0.2, 0.25) is 0 Å². The highest BCUT2D eigenvalue weighted by molar-refractivity contribution is 5.31. The van der Waals surface area contributed by atoms with Crippen LogP contribution >= 0.6 is 0 Å². The molecule has 1 aromatic carbocycles. The summed E-state index contributed by atoms with van der Waals surface area (Å²) in [5, 5.41) is 0. The Labute approximate surface area is 106 Å². The van der Waals surface area contributed by atoms with Crippen molar-refractivity contribution in [2.45, 2.75) is 6.04 Å². The van der Waals surface area contributed by atoms with Crippen molar-refractivity contribution in [3.05, 3.63) is 77.2 Å². The van der Waals surface area contributed by atoms with Crippen molar-refractivity contribution in [1.29, 1.82) is 0 Å². The lowest BCUT2D eigenvalue weighted by molar-refractivity contribution is 0.414. The minimum absolute atomic E-state index is 0.0433. The molecule has 0 N–H and O–H groups in total. The zero-order valence-corrected chi connectivity index (χ0v) is 10.2. The fourth-order valence-electron chi connectivity index (χ4n) is 1.88. The summed E-state index contributed by atoms with van der Waals surface area (Å²) in [6.07, 6.45) is 3.52. The molecule has 0 aliphatic rings. The molecule has 3 nitrogen and oxygen atoms in total. The highest BCUT2D eigenvalue weighted by Gasteiger charge is 2.10. The van der Waals surface area contributed by atoms with Gasteiger partial charge in [-0.3, -0.25) is 4.79 Å². The smallest absolute Gasteiger partial charge is 0.251 e. The minimum atomic E-state index is -0.162. The third-order valence-electron chi connectivity index (χ3n) is 2.83. The van der Waals surface area contributed by atoms with Gasteiger partial charge in [-0.25, -0.2) is 0 Å². The normalized spacial score (nSPS) is 11.8. The first-order chi connectivity index (χ1) is 8.76. The summed E-state index contributed by atoms with van der Waals surface area (Å²) in [4.78, 5) is 11.8. The highest BCUT2D eigenvalue weighted by atomic mass is 16.5. The van der Waals surface area contributed by atoms with Crippen LogP contribution in [0.5, 0.6) is 5.75 Å². The molecule has 0 amide bonds. The molecule has 1 aromatic heterocycles. The summed E-state index contributed by atoms with van der Waals surface area (Å²) in [5.74, 6) is 0.793. The number of benzene rings is 1. The Morgan fingerprint density at radius 3 is 2.50 bits per heavy atom. The first-order valence-corrected chi connectivity index (χ1v) is 5.70. The molecule has 0 spiro atoms. The average Bonchev–Trinajstić information content (AvgIpc) is 2.42. The molecular formula is C15H15NO2. The standard InChI is InChI=1S/C15H15NO2/c1-3-14(16-11-5-4-6-15(16)17)12-7-9-13(18-2)10-8-12/h3-11,14H,1H2,2H3/t14-/m0/s1. The minimum Gasteiger partial charge on any atom is -0.497 e. The molecule has 0 unspecified atom stereocenters. The van der Waals surface area contributed by atoms with Crippen LogP contribution < -0.4 is 10.3 Å². The average molecular weight is 241 g/mol. The van der Waals surface area contributed by atoms with Crippen LogP contribution in [0.3, 0.4) is 0 Å². The third kappa shape index (κ3) is 2.35. The molecule has 3 heteroatoms. The molecule has 0 bridgehead atoms. The second-order valence-electron chi connectivity index (χ2n) is 3.90. The molecule has 0 saturated carbocycles. The number of hydrogen-bond acceptors (Lipinski definition) is 2. The van der Waals surface area contributed by atoms with Gasteiger partial charge in [0.25, 0.3) is 5.56 Å². The number of aromatic nitrogens is 1. The Morgan fingerprint density at radius 2 is 1.94 bits per heavy atom. The Bertz CT molecular complexity index is 584. The van der Waals surface area contributed by atoms with Crippen molar-refractivity contribution in [3.63, 3.8) is 0 Å². The van der Waals surface area contributed by atoms with E-state index in [0.29, 0.717) is 0 Å². The predicted octanol–water partition coefficient (Wildman–Crippen LogP) is 2.63. The van der Waals surface area contributed by atoms with E-state index in [0.717, 1.165) is 11.3 Å². The molecular weight excluding hydrogens is 226 g/mol. The fourth-order valence-corrected chi connectivity index (χ4v) is 1.88. The maximum Gasteiger partial charge on any atom is 0.251 e. The van der Waals surface area contributed by atoms with E-state index >= 15 is 0 Å². The Balaban J connectivity index is 2.42. The number of nitrogens with zero attached hydrogens (tertiary/aromatic N) is 1. The Hall–Kier alpha value is -2.29. The quantitative estimate of drug-likeness (QED) is 0.770. The van der Waals surface area contributed by atoms with Gasteiger partial charge in [-0.2, -0.15) is 0 Å². The Kier molecular flexibility index (Phi) is 3.63. The lowest BCUT2D eigenvalue weighted by Gasteiger charge is -2.16. The van der Waals surface area contributed by atoms with Gasteiger partial charge in [0.2, 0.25) is 0 Å². The summed E-state index contributed by atoms with van der Waals surface area (Å²) in [6, 6.07) is 12.6. The van der Waals surface area contributed by atoms with E-state index in [9.17, 15) is 4.79 Å². The van der Waals surface area contributed by atoms with E-state index < -0.39 is 0 Å². The van der Waals surface area contributed by atoms with Gasteiger partial charge in [-0.1, -0.05) is 24.3 Å². The Morgan fingerprint density at radius 1 is 1.22 bits per heavy atom. The summed E-state index contributed by atoms with van der Waals surface area (Å²) in [5.41, 5.74) is 0.956. The predicted molar refractivity (Wildman–Crippen MR) is 72.0 cm³/mol. The van der Waals surface area contributed by atoms with Crippen LogP contribution in [0.1, 0.15) is 11.6 Å². The van der Waals surface area contributed by atoms with Crippen molar-refractivity contribution >= 4 is 0 Å². The van der Waals surface area contributed by atoms with Crippen LogP contribution in [-0.4, -0.2) is 11.7 Å². The van der Waals surface area contributed by atoms with Crippen molar-refractivity contribution in [3.8, 4) is 5.75 Å². The molecule has 0 aliphatic carbocycles.